The number of nitrogens with one attached hydrogen (secondary N) is 1. The molecule has 16 heavy (non-hydrogen) atoms. The Morgan fingerprint density at radius 3 is 2.94 bits per heavy atom. The lowest BCUT2D eigenvalue weighted by Gasteiger charge is -2.31. The van der Waals surface area contributed by atoms with E-state index in [1.807, 2.05) is 12.1 Å². The van der Waals surface area contributed by atoms with Crippen LogP contribution in [0.4, 0.5) is 5.69 Å². The zero-order valence-electron chi connectivity index (χ0n) is 9.06. The van der Waals surface area contributed by atoms with Crippen LogP contribution in [0.2, 0.25) is 0 Å². The molecule has 2 aromatic rings. The van der Waals surface area contributed by atoms with Gasteiger partial charge in [-0.3, -0.25) is 0 Å². The lowest BCUT2D eigenvalue weighted by atomic mass is 10.1. The number of rotatable bonds is 1. The van der Waals surface area contributed by atoms with Gasteiger partial charge in [0.05, 0.1) is 23.6 Å². The quantitative estimate of drug-likeness (QED) is 0.761. The number of hydrogen-bond donors (Lipinski definition) is 2. The number of para-hydroxylation sites is 1. The summed E-state index contributed by atoms with van der Waals surface area (Å²) in [6, 6.07) is 6.17. The zero-order valence-corrected chi connectivity index (χ0v) is 9.06. The van der Waals surface area contributed by atoms with Crippen molar-refractivity contribution in [3.8, 4) is 0 Å². The molecule has 4 heteroatoms. The summed E-state index contributed by atoms with van der Waals surface area (Å²) in [5.41, 5.74) is 3.27. The maximum absolute atomic E-state index is 9.50. The number of fused-ring (bicyclic) bond motifs is 1. The Kier molecular flexibility index (Phi) is 2.29. The van der Waals surface area contributed by atoms with E-state index in [1.54, 1.807) is 6.33 Å². The van der Waals surface area contributed by atoms with Crippen LogP contribution < -0.4 is 4.90 Å². The van der Waals surface area contributed by atoms with Crippen LogP contribution >= 0.6 is 0 Å². The fourth-order valence-corrected chi connectivity index (χ4v) is 2.31. The van der Waals surface area contributed by atoms with E-state index in [-0.39, 0.29) is 6.10 Å². The third-order valence-corrected chi connectivity index (χ3v) is 3.23. The highest BCUT2D eigenvalue weighted by atomic mass is 16.3. The number of piperidine rings is 1. The molecule has 0 atom stereocenters. The van der Waals surface area contributed by atoms with Crippen LogP contribution in [0.15, 0.2) is 24.5 Å². The second-order valence-corrected chi connectivity index (χ2v) is 4.29. The van der Waals surface area contributed by atoms with E-state index in [4.69, 9.17) is 0 Å². The molecule has 1 aliphatic rings. The van der Waals surface area contributed by atoms with Crippen molar-refractivity contribution in [1.82, 2.24) is 9.97 Å². The topological polar surface area (TPSA) is 52.1 Å². The molecule has 1 fully saturated rings. The number of imidazole rings is 1. The molecule has 0 saturated carbocycles. The predicted molar refractivity (Wildman–Crippen MR) is 63.5 cm³/mol. The molecule has 0 unspecified atom stereocenters. The molecule has 1 aromatic heterocycles. The zero-order chi connectivity index (χ0) is 11.0. The van der Waals surface area contributed by atoms with Gasteiger partial charge in [0.15, 0.2) is 0 Å². The first-order chi connectivity index (χ1) is 7.84. The molecule has 0 spiro atoms. The molecule has 0 aliphatic carbocycles. The Morgan fingerprint density at radius 1 is 1.31 bits per heavy atom. The molecule has 0 bridgehead atoms. The first-order valence-corrected chi connectivity index (χ1v) is 5.70. The number of H-pyrrole nitrogens is 1. The van der Waals surface area contributed by atoms with Gasteiger partial charge in [-0.1, -0.05) is 6.07 Å². The van der Waals surface area contributed by atoms with Crippen LogP contribution in [-0.2, 0) is 0 Å². The molecule has 4 nitrogen and oxygen atoms in total. The second-order valence-electron chi connectivity index (χ2n) is 4.29. The number of anilines is 1. The molecule has 1 aromatic carbocycles. The van der Waals surface area contributed by atoms with Gasteiger partial charge in [-0.05, 0) is 25.0 Å². The highest BCUT2D eigenvalue weighted by Crippen LogP contribution is 2.26. The van der Waals surface area contributed by atoms with Crippen molar-refractivity contribution in [2.45, 2.75) is 18.9 Å². The van der Waals surface area contributed by atoms with Gasteiger partial charge in [0.1, 0.15) is 5.52 Å². The van der Waals surface area contributed by atoms with Crippen molar-refractivity contribution in [3.63, 3.8) is 0 Å². The maximum atomic E-state index is 9.50. The molecule has 3 rings (SSSR count). The third-order valence-electron chi connectivity index (χ3n) is 3.23. The minimum Gasteiger partial charge on any atom is -0.393 e. The van der Waals surface area contributed by atoms with Crippen molar-refractivity contribution < 1.29 is 5.11 Å². The molecule has 1 aliphatic heterocycles. The summed E-state index contributed by atoms with van der Waals surface area (Å²) in [6.07, 6.45) is 3.30. The van der Waals surface area contributed by atoms with Gasteiger partial charge in [0.25, 0.3) is 0 Å². The predicted octanol–water partition coefficient (Wildman–Crippen LogP) is 1.52. The standard InChI is InChI=1S/C12H15N3O/c16-9-4-6-15(7-5-9)11-3-1-2-10-12(11)14-8-13-10/h1-3,8-9,16H,4-7H2,(H,13,14). The van der Waals surface area contributed by atoms with E-state index in [9.17, 15) is 5.11 Å². The summed E-state index contributed by atoms with van der Waals surface area (Å²) in [5, 5.41) is 9.50. The molecule has 0 radical (unpaired) electrons. The number of hydrogen-bond acceptors (Lipinski definition) is 3. The Balaban J connectivity index is 1.96. The molecule has 2 N–H and O–H groups in total. The fraction of sp³-hybridized carbons (Fsp3) is 0.417. The monoisotopic (exact) mass is 217 g/mol. The number of aliphatic hydroxyl groups excluding tert-OH is 1. The normalized spacial score (nSPS) is 18.2. The van der Waals surface area contributed by atoms with Crippen LogP contribution in [-0.4, -0.2) is 34.3 Å². The average Bonchev–Trinajstić information content (AvgIpc) is 2.78. The van der Waals surface area contributed by atoms with Crippen LogP contribution in [0.1, 0.15) is 12.8 Å². The van der Waals surface area contributed by atoms with Crippen LogP contribution in [0, 0.1) is 0 Å². The van der Waals surface area contributed by atoms with E-state index in [1.165, 1.54) is 5.69 Å². The molecule has 1 saturated heterocycles. The van der Waals surface area contributed by atoms with E-state index in [2.05, 4.69) is 20.9 Å². The van der Waals surface area contributed by atoms with Crippen LogP contribution in [0.25, 0.3) is 11.0 Å². The van der Waals surface area contributed by atoms with Gasteiger partial charge >= 0.3 is 0 Å². The van der Waals surface area contributed by atoms with Crippen LogP contribution in [0.5, 0.6) is 0 Å². The number of nitrogens with zero attached hydrogens (tertiary/aromatic N) is 2. The first-order valence-electron chi connectivity index (χ1n) is 5.70. The highest BCUT2D eigenvalue weighted by Gasteiger charge is 2.19. The summed E-state index contributed by atoms with van der Waals surface area (Å²) in [4.78, 5) is 9.78. The summed E-state index contributed by atoms with van der Waals surface area (Å²) >= 11 is 0. The van der Waals surface area contributed by atoms with E-state index in [0.29, 0.717) is 0 Å². The van der Waals surface area contributed by atoms with Crippen molar-refractivity contribution in [2.24, 2.45) is 0 Å². The first kappa shape index (κ1) is 9.66. The SMILES string of the molecule is OC1CCN(c2cccc3[nH]cnc23)CC1. The van der Waals surface area contributed by atoms with Crippen molar-refractivity contribution in [1.29, 1.82) is 0 Å². The number of aromatic amines is 1. The Hall–Kier alpha value is -1.55. The summed E-state index contributed by atoms with van der Waals surface area (Å²) in [6.45, 7) is 1.82. The molecular formula is C12H15N3O. The molecule has 84 valence electrons. The Labute approximate surface area is 93.9 Å². The van der Waals surface area contributed by atoms with E-state index >= 15 is 0 Å². The van der Waals surface area contributed by atoms with Gasteiger partial charge in [0, 0.05) is 13.1 Å². The van der Waals surface area contributed by atoms with Crippen LogP contribution in [0.3, 0.4) is 0 Å². The molecular weight excluding hydrogens is 202 g/mol. The van der Waals surface area contributed by atoms with Crippen molar-refractivity contribution in [3.05, 3.63) is 24.5 Å². The maximum Gasteiger partial charge on any atom is 0.112 e. The highest BCUT2D eigenvalue weighted by molar-refractivity contribution is 5.88. The Bertz CT molecular complexity index is 486. The van der Waals surface area contributed by atoms with Gasteiger partial charge in [0.2, 0.25) is 0 Å². The van der Waals surface area contributed by atoms with Gasteiger partial charge in [-0.25, -0.2) is 4.98 Å². The fourth-order valence-electron chi connectivity index (χ4n) is 2.31. The summed E-state index contributed by atoms with van der Waals surface area (Å²) in [5.74, 6) is 0. The number of aliphatic hydroxyl groups is 1. The average molecular weight is 217 g/mol. The smallest absolute Gasteiger partial charge is 0.112 e. The lowest BCUT2D eigenvalue weighted by molar-refractivity contribution is 0.145. The van der Waals surface area contributed by atoms with Gasteiger partial charge in [-0.2, -0.15) is 0 Å². The summed E-state index contributed by atoms with van der Waals surface area (Å²) in [7, 11) is 0. The van der Waals surface area contributed by atoms with Crippen molar-refractivity contribution >= 4 is 16.7 Å². The van der Waals surface area contributed by atoms with Gasteiger partial charge in [-0.15, -0.1) is 0 Å². The lowest BCUT2D eigenvalue weighted by Crippen LogP contribution is -2.35. The van der Waals surface area contributed by atoms with Crippen molar-refractivity contribution in [2.75, 3.05) is 18.0 Å². The minimum atomic E-state index is -0.130. The summed E-state index contributed by atoms with van der Waals surface area (Å²) < 4.78 is 0. The molecule has 0 amide bonds. The largest absolute Gasteiger partial charge is 0.393 e. The molecule has 2 heterocycles. The third kappa shape index (κ3) is 1.55. The minimum absolute atomic E-state index is 0.130. The number of aromatic nitrogens is 2. The van der Waals surface area contributed by atoms with Gasteiger partial charge < -0.3 is 15.0 Å². The van der Waals surface area contributed by atoms with E-state index < -0.39 is 0 Å². The number of benzene rings is 1. The van der Waals surface area contributed by atoms with E-state index in [0.717, 1.165) is 37.0 Å². The second kappa shape index (κ2) is 3.79. The Morgan fingerprint density at radius 2 is 2.12 bits per heavy atom.